The molecule has 0 spiro atoms. The molecule has 1 fully saturated rings. The van der Waals surface area contributed by atoms with Gasteiger partial charge in [0.2, 0.25) is 0 Å². The second-order valence-electron chi connectivity index (χ2n) is 5.97. The van der Waals surface area contributed by atoms with Gasteiger partial charge in [-0.05, 0) is 48.8 Å². The Morgan fingerprint density at radius 1 is 1.16 bits per heavy atom. The van der Waals surface area contributed by atoms with E-state index in [2.05, 4.69) is 19.9 Å². The van der Waals surface area contributed by atoms with Gasteiger partial charge in [0.1, 0.15) is 5.82 Å². The van der Waals surface area contributed by atoms with E-state index in [1.165, 1.54) is 6.42 Å². The van der Waals surface area contributed by atoms with E-state index in [9.17, 15) is 4.39 Å². The zero-order valence-corrected chi connectivity index (χ0v) is 12.2. The Kier molecular flexibility index (Phi) is 4.62. The van der Waals surface area contributed by atoms with Crippen LogP contribution in [0.3, 0.4) is 0 Å². The highest BCUT2D eigenvalue weighted by Crippen LogP contribution is 2.36. The van der Waals surface area contributed by atoms with E-state index in [1.807, 2.05) is 6.07 Å². The average molecular weight is 263 g/mol. The lowest BCUT2D eigenvalue weighted by Gasteiger charge is -2.34. The van der Waals surface area contributed by atoms with Crippen LogP contribution in [0.1, 0.15) is 75.8 Å². The van der Waals surface area contributed by atoms with Crippen LogP contribution in [0.4, 0.5) is 4.39 Å². The molecule has 2 N–H and O–H groups in total. The molecule has 0 saturated heterocycles. The molecule has 1 aliphatic rings. The van der Waals surface area contributed by atoms with Gasteiger partial charge < -0.3 is 5.73 Å². The lowest BCUT2D eigenvalue weighted by molar-refractivity contribution is 0.301. The number of benzene rings is 1. The van der Waals surface area contributed by atoms with Crippen LogP contribution in [0, 0.1) is 5.82 Å². The van der Waals surface area contributed by atoms with E-state index in [0.29, 0.717) is 5.92 Å². The molecule has 1 aliphatic carbocycles. The molecule has 0 aliphatic heterocycles. The van der Waals surface area contributed by atoms with Gasteiger partial charge in [-0.25, -0.2) is 4.39 Å². The van der Waals surface area contributed by atoms with Crippen LogP contribution in [0.2, 0.25) is 0 Å². The van der Waals surface area contributed by atoms with Gasteiger partial charge in [-0.2, -0.15) is 0 Å². The summed E-state index contributed by atoms with van der Waals surface area (Å²) in [6.07, 6.45) is 7.51. The van der Waals surface area contributed by atoms with Gasteiger partial charge >= 0.3 is 0 Å². The van der Waals surface area contributed by atoms with Crippen molar-refractivity contribution in [1.29, 1.82) is 0 Å². The Morgan fingerprint density at radius 3 is 2.32 bits per heavy atom. The number of halogens is 1. The molecule has 1 aromatic rings. The third-order valence-corrected chi connectivity index (χ3v) is 4.75. The Hall–Kier alpha value is -0.890. The third kappa shape index (κ3) is 3.00. The summed E-state index contributed by atoms with van der Waals surface area (Å²) in [5.41, 5.74) is 8.01. The lowest BCUT2D eigenvalue weighted by atomic mass is 9.77. The predicted molar refractivity (Wildman–Crippen MR) is 78.7 cm³/mol. The van der Waals surface area contributed by atoms with Gasteiger partial charge in [0, 0.05) is 5.54 Å². The Labute approximate surface area is 116 Å². The molecule has 106 valence electrons. The minimum absolute atomic E-state index is 0.0680. The number of rotatable bonds is 4. The van der Waals surface area contributed by atoms with Crippen LogP contribution < -0.4 is 5.73 Å². The first-order chi connectivity index (χ1) is 9.10. The zero-order chi connectivity index (χ0) is 13.9. The van der Waals surface area contributed by atoms with E-state index in [4.69, 9.17) is 5.73 Å². The van der Waals surface area contributed by atoms with Gasteiger partial charge in [-0.3, -0.25) is 0 Å². The van der Waals surface area contributed by atoms with Crippen molar-refractivity contribution in [3.63, 3.8) is 0 Å². The number of hydrogen-bond donors (Lipinski definition) is 1. The summed E-state index contributed by atoms with van der Waals surface area (Å²) in [5, 5.41) is 0. The fourth-order valence-electron chi connectivity index (χ4n) is 3.37. The summed E-state index contributed by atoms with van der Waals surface area (Å²) < 4.78 is 14.3. The maximum Gasteiger partial charge on any atom is 0.127 e. The highest BCUT2D eigenvalue weighted by atomic mass is 19.1. The van der Waals surface area contributed by atoms with Crippen LogP contribution in [0.25, 0.3) is 0 Å². The summed E-state index contributed by atoms with van der Waals surface area (Å²) in [6, 6.07) is 5.71. The largest absolute Gasteiger partial charge is 0.321 e. The molecule has 0 bridgehead atoms. The fourth-order valence-corrected chi connectivity index (χ4v) is 3.37. The molecule has 0 aromatic heterocycles. The highest BCUT2D eigenvalue weighted by Gasteiger charge is 2.30. The maximum absolute atomic E-state index is 14.3. The molecule has 19 heavy (non-hydrogen) atoms. The second-order valence-corrected chi connectivity index (χ2v) is 5.97. The Morgan fingerprint density at radius 2 is 1.79 bits per heavy atom. The standard InChI is InChI=1S/C17H26FN/c1-3-13(4-2)15-9-8-14(12-16(15)18)17(19)10-6-5-7-11-17/h8-9,12-13H,3-7,10-11,19H2,1-2H3. The van der Waals surface area contributed by atoms with E-state index in [1.54, 1.807) is 6.07 Å². The first-order valence-electron chi connectivity index (χ1n) is 7.69. The van der Waals surface area contributed by atoms with Gasteiger partial charge in [-0.15, -0.1) is 0 Å². The lowest BCUT2D eigenvalue weighted by Crippen LogP contribution is -2.38. The van der Waals surface area contributed by atoms with Crippen molar-refractivity contribution in [3.8, 4) is 0 Å². The molecule has 2 heteroatoms. The van der Waals surface area contributed by atoms with E-state index in [0.717, 1.165) is 49.7 Å². The minimum Gasteiger partial charge on any atom is -0.321 e. The first kappa shape index (κ1) is 14.5. The summed E-state index contributed by atoms with van der Waals surface area (Å²) in [5.74, 6) is 0.260. The second kappa shape index (κ2) is 6.04. The van der Waals surface area contributed by atoms with Crippen molar-refractivity contribution in [2.75, 3.05) is 0 Å². The predicted octanol–water partition coefficient (Wildman–Crippen LogP) is 4.85. The minimum atomic E-state index is -0.300. The number of hydrogen-bond acceptors (Lipinski definition) is 1. The van der Waals surface area contributed by atoms with Crippen molar-refractivity contribution in [3.05, 3.63) is 35.1 Å². The molecule has 1 aromatic carbocycles. The molecular weight excluding hydrogens is 237 g/mol. The van der Waals surface area contributed by atoms with Crippen LogP contribution in [-0.4, -0.2) is 0 Å². The summed E-state index contributed by atoms with van der Waals surface area (Å²) >= 11 is 0. The van der Waals surface area contributed by atoms with Crippen molar-refractivity contribution in [1.82, 2.24) is 0 Å². The monoisotopic (exact) mass is 263 g/mol. The van der Waals surface area contributed by atoms with Crippen molar-refractivity contribution >= 4 is 0 Å². The Balaban J connectivity index is 2.27. The van der Waals surface area contributed by atoms with Crippen LogP contribution in [0.5, 0.6) is 0 Å². The molecule has 0 unspecified atom stereocenters. The fraction of sp³-hybridized carbons (Fsp3) is 0.647. The maximum atomic E-state index is 14.3. The molecule has 0 atom stereocenters. The molecule has 1 nitrogen and oxygen atoms in total. The van der Waals surface area contributed by atoms with Gasteiger partial charge in [0.25, 0.3) is 0 Å². The highest BCUT2D eigenvalue weighted by molar-refractivity contribution is 5.32. The van der Waals surface area contributed by atoms with Crippen molar-refractivity contribution in [2.45, 2.75) is 70.3 Å². The number of nitrogens with two attached hydrogens (primary N) is 1. The molecule has 2 rings (SSSR count). The average Bonchev–Trinajstić information content (AvgIpc) is 2.42. The Bertz CT molecular complexity index is 417. The van der Waals surface area contributed by atoms with E-state index in [-0.39, 0.29) is 11.4 Å². The van der Waals surface area contributed by atoms with Crippen molar-refractivity contribution < 1.29 is 4.39 Å². The van der Waals surface area contributed by atoms with Crippen molar-refractivity contribution in [2.24, 2.45) is 5.73 Å². The molecule has 0 amide bonds. The summed E-state index contributed by atoms with van der Waals surface area (Å²) in [6.45, 7) is 4.24. The normalized spacial score (nSPS) is 18.8. The molecule has 0 radical (unpaired) electrons. The van der Waals surface area contributed by atoms with Gasteiger partial charge in [0.15, 0.2) is 0 Å². The van der Waals surface area contributed by atoms with Crippen LogP contribution in [-0.2, 0) is 5.54 Å². The molecule has 1 saturated carbocycles. The smallest absolute Gasteiger partial charge is 0.127 e. The summed E-state index contributed by atoms with van der Waals surface area (Å²) in [7, 11) is 0. The first-order valence-corrected chi connectivity index (χ1v) is 7.69. The SMILES string of the molecule is CCC(CC)c1ccc(C2(N)CCCCC2)cc1F. The van der Waals surface area contributed by atoms with Crippen LogP contribution >= 0.6 is 0 Å². The third-order valence-electron chi connectivity index (χ3n) is 4.75. The summed E-state index contributed by atoms with van der Waals surface area (Å²) in [4.78, 5) is 0. The quantitative estimate of drug-likeness (QED) is 0.825. The van der Waals surface area contributed by atoms with E-state index < -0.39 is 0 Å². The van der Waals surface area contributed by atoms with E-state index >= 15 is 0 Å². The van der Waals surface area contributed by atoms with Crippen LogP contribution in [0.15, 0.2) is 18.2 Å². The van der Waals surface area contributed by atoms with Gasteiger partial charge in [-0.1, -0.05) is 45.2 Å². The van der Waals surface area contributed by atoms with Gasteiger partial charge in [0.05, 0.1) is 0 Å². The zero-order valence-electron chi connectivity index (χ0n) is 12.2. The topological polar surface area (TPSA) is 26.0 Å². The molecular formula is C17H26FN. The molecule has 0 heterocycles.